The van der Waals surface area contributed by atoms with Crippen molar-refractivity contribution in [2.24, 2.45) is 11.1 Å². The van der Waals surface area contributed by atoms with E-state index in [2.05, 4.69) is 10.6 Å². The molecule has 0 saturated heterocycles. The van der Waals surface area contributed by atoms with Gasteiger partial charge in [0.1, 0.15) is 0 Å². The third-order valence-electron chi connectivity index (χ3n) is 5.43. The molecule has 0 unspecified atom stereocenters. The number of hydrogen-bond donors (Lipinski definition) is 3. The van der Waals surface area contributed by atoms with Crippen molar-refractivity contribution in [1.82, 2.24) is 15.5 Å². The van der Waals surface area contributed by atoms with Gasteiger partial charge in [0, 0.05) is 31.6 Å². The Labute approximate surface area is 187 Å². The van der Waals surface area contributed by atoms with Crippen LogP contribution in [0.2, 0.25) is 0 Å². The molecule has 0 heterocycles. The lowest BCUT2D eigenvalue weighted by atomic mass is 9.71. The average Bonchev–Trinajstić information content (AvgIpc) is 2.67. The molecule has 0 atom stereocenters. The van der Waals surface area contributed by atoms with Crippen LogP contribution in [0.4, 0.5) is 0 Å². The molecule has 0 radical (unpaired) electrons. The first-order chi connectivity index (χ1) is 12.9. The summed E-state index contributed by atoms with van der Waals surface area (Å²) in [6.45, 7) is 2.48. The molecule has 2 rings (SSSR count). The topological polar surface area (TPSA) is 87.5 Å². The summed E-state index contributed by atoms with van der Waals surface area (Å²) in [6, 6.07) is 7.38. The van der Waals surface area contributed by atoms with Crippen LogP contribution in [-0.2, 0) is 11.3 Å². The van der Waals surface area contributed by atoms with Gasteiger partial charge in [-0.3, -0.25) is 9.59 Å². The average molecular weight is 447 g/mol. The van der Waals surface area contributed by atoms with Crippen molar-refractivity contribution in [3.05, 3.63) is 35.4 Å². The highest BCUT2D eigenvalue weighted by atomic mass is 35.5. The number of halogens is 2. The number of amides is 2. The van der Waals surface area contributed by atoms with Crippen LogP contribution in [0.1, 0.15) is 54.4 Å². The third-order valence-corrected chi connectivity index (χ3v) is 5.43. The first-order valence-electron chi connectivity index (χ1n) is 9.93. The Bertz CT molecular complexity index is 618. The lowest BCUT2D eigenvalue weighted by Gasteiger charge is -2.35. The first-order valence-corrected chi connectivity index (χ1v) is 9.93. The molecule has 0 aromatic heterocycles. The highest BCUT2D eigenvalue weighted by Gasteiger charge is 2.32. The van der Waals surface area contributed by atoms with Crippen LogP contribution in [0.3, 0.4) is 0 Å². The number of likely N-dealkylation sites (N-methyl/N-ethyl adjacent to an activating group) is 1. The quantitative estimate of drug-likeness (QED) is 0.543. The molecule has 1 aliphatic rings. The van der Waals surface area contributed by atoms with Crippen LogP contribution in [0, 0.1) is 5.41 Å². The first kappa shape index (κ1) is 27.7. The van der Waals surface area contributed by atoms with E-state index in [1.165, 1.54) is 19.3 Å². The molecule has 1 saturated carbocycles. The van der Waals surface area contributed by atoms with Crippen LogP contribution in [0.5, 0.6) is 0 Å². The molecule has 1 aromatic carbocycles. The lowest BCUT2D eigenvalue weighted by Crippen LogP contribution is -2.38. The van der Waals surface area contributed by atoms with E-state index in [0.29, 0.717) is 31.6 Å². The Balaban J connectivity index is 0.00000392. The number of carbonyl (C=O) groups excluding carboxylic acids is 2. The predicted octanol–water partition coefficient (Wildman–Crippen LogP) is 2.74. The van der Waals surface area contributed by atoms with Gasteiger partial charge < -0.3 is 21.3 Å². The zero-order chi connectivity index (χ0) is 19.7. The summed E-state index contributed by atoms with van der Waals surface area (Å²) < 4.78 is 0. The summed E-state index contributed by atoms with van der Waals surface area (Å²) in [7, 11) is 3.94. The molecule has 2 amide bonds. The van der Waals surface area contributed by atoms with Crippen LogP contribution in [0.15, 0.2) is 24.3 Å². The molecule has 29 heavy (non-hydrogen) atoms. The fourth-order valence-corrected chi connectivity index (χ4v) is 3.63. The fraction of sp³-hybridized carbons (Fsp3) is 0.619. The van der Waals surface area contributed by atoms with E-state index < -0.39 is 0 Å². The van der Waals surface area contributed by atoms with Gasteiger partial charge in [0.2, 0.25) is 5.91 Å². The fourth-order valence-electron chi connectivity index (χ4n) is 3.63. The standard InChI is InChI=1S/C21H34N4O2.2ClH/c1-25(2)13-12-23-20(27)18-8-6-17(7-9-18)15-24-19(26)14-21(16-22)10-4-3-5-11-21;;/h6-9H,3-5,10-16,22H2,1-2H3,(H,23,27)(H,24,26);2*1H. The second-order valence-corrected chi connectivity index (χ2v) is 7.97. The van der Waals surface area contributed by atoms with Crippen molar-refractivity contribution >= 4 is 36.6 Å². The van der Waals surface area contributed by atoms with Gasteiger partial charge >= 0.3 is 0 Å². The van der Waals surface area contributed by atoms with Gasteiger partial charge in [0.25, 0.3) is 5.91 Å². The summed E-state index contributed by atoms with van der Waals surface area (Å²) in [5.74, 6) is -0.0116. The van der Waals surface area contributed by atoms with Crippen LogP contribution < -0.4 is 16.4 Å². The van der Waals surface area contributed by atoms with Crippen molar-refractivity contribution in [3.63, 3.8) is 0 Å². The summed E-state index contributed by atoms with van der Waals surface area (Å²) in [5, 5.41) is 5.89. The monoisotopic (exact) mass is 446 g/mol. The summed E-state index contributed by atoms with van der Waals surface area (Å²) >= 11 is 0. The minimum atomic E-state index is -0.0744. The van der Waals surface area contributed by atoms with Crippen molar-refractivity contribution < 1.29 is 9.59 Å². The third kappa shape index (κ3) is 9.34. The zero-order valence-electron chi connectivity index (χ0n) is 17.5. The van der Waals surface area contributed by atoms with Gasteiger partial charge in [0.05, 0.1) is 0 Å². The molecule has 0 aliphatic heterocycles. The molecule has 1 fully saturated rings. The minimum absolute atomic E-state index is 0. The molecule has 4 N–H and O–H groups in total. The maximum atomic E-state index is 12.4. The Morgan fingerprint density at radius 1 is 1.03 bits per heavy atom. The van der Waals surface area contributed by atoms with E-state index in [1.54, 1.807) is 12.1 Å². The zero-order valence-corrected chi connectivity index (χ0v) is 19.2. The van der Waals surface area contributed by atoms with E-state index in [1.807, 2.05) is 31.1 Å². The second kappa shape index (κ2) is 13.8. The lowest BCUT2D eigenvalue weighted by molar-refractivity contribution is -0.124. The van der Waals surface area contributed by atoms with Gasteiger partial charge in [0.15, 0.2) is 0 Å². The smallest absolute Gasteiger partial charge is 0.251 e. The van der Waals surface area contributed by atoms with Crippen LogP contribution in [0.25, 0.3) is 0 Å². The molecular formula is C21H36Cl2N4O2. The Morgan fingerprint density at radius 2 is 1.66 bits per heavy atom. The van der Waals surface area contributed by atoms with Gasteiger partial charge in [-0.1, -0.05) is 31.4 Å². The molecule has 8 heteroatoms. The van der Waals surface area contributed by atoms with Gasteiger partial charge in [-0.15, -0.1) is 24.8 Å². The number of rotatable bonds is 9. The second-order valence-electron chi connectivity index (χ2n) is 7.97. The van der Waals surface area contributed by atoms with Crippen LogP contribution >= 0.6 is 24.8 Å². The molecule has 6 nitrogen and oxygen atoms in total. The molecular weight excluding hydrogens is 411 g/mol. The molecule has 0 bridgehead atoms. The predicted molar refractivity (Wildman–Crippen MR) is 123 cm³/mol. The molecule has 0 spiro atoms. The Morgan fingerprint density at radius 3 is 2.21 bits per heavy atom. The Kier molecular flexibility index (Phi) is 13.2. The number of nitrogens with two attached hydrogens (primary N) is 1. The van der Waals surface area contributed by atoms with Gasteiger partial charge in [-0.05, 0) is 56.6 Å². The normalized spacial score (nSPS) is 15.0. The number of nitrogens with zero attached hydrogens (tertiary/aromatic N) is 1. The van der Waals surface area contributed by atoms with Crippen molar-refractivity contribution in [2.75, 3.05) is 33.7 Å². The SMILES string of the molecule is CN(C)CCNC(=O)c1ccc(CNC(=O)CC2(CN)CCCCC2)cc1.Cl.Cl. The van der Waals surface area contributed by atoms with E-state index in [4.69, 9.17) is 5.73 Å². The van der Waals surface area contributed by atoms with E-state index in [0.717, 1.165) is 24.9 Å². The number of hydrogen-bond acceptors (Lipinski definition) is 4. The molecule has 166 valence electrons. The van der Waals surface area contributed by atoms with Crippen LogP contribution in [-0.4, -0.2) is 50.4 Å². The maximum absolute atomic E-state index is 12.4. The van der Waals surface area contributed by atoms with Crippen molar-refractivity contribution in [3.8, 4) is 0 Å². The summed E-state index contributed by atoms with van der Waals surface area (Å²) in [6.07, 6.45) is 6.20. The number of carbonyl (C=O) groups is 2. The van der Waals surface area contributed by atoms with E-state index in [9.17, 15) is 9.59 Å². The van der Waals surface area contributed by atoms with E-state index >= 15 is 0 Å². The summed E-state index contributed by atoms with van der Waals surface area (Å²) in [4.78, 5) is 26.5. The summed E-state index contributed by atoms with van der Waals surface area (Å²) in [5.41, 5.74) is 7.57. The van der Waals surface area contributed by atoms with Crippen molar-refractivity contribution in [2.45, 2.75) is 45.1 Å². The molecule has 1 aliphatic carbocycles. The highest BCUT2D eigenvalue weighted by Crippen LogP contribution is 2.38. The van der Waals surface area contributed by atoms with Gasteiger partial charge in [-0.25, -0.2) is 0 Å². The maximum Gasteiger partial charge on any atom is 0.251 e. The van der Waals surface area contributed by atoms with E-state index in [-0.39, 0.29) is 42.0 Å². The van der Waals surface area contributed by atoms with Gasteiger partial charge in [-0.2, -0.15) is 0 Å². The number of benzene rings is 1. The Hall–Kier alpha value is -1.34. The molecule has 1 aromatic rings. The number of nitrogens with one attached hydrogen (secondary N) is 2. The largest absolute Gasteiger partial charge is 0.352 e. The van der Waals surface area contributed by atoms with Crippen molar-refractivity contribution in [1.29, 1.82) is 0 Å². The minimum Gasteiger partial charge on any atom is -0.352 e. The highest BCUT2D eigenvalue weighted by molar-refractivity contribution is 5.94.